The Morgan fingerprint density at radius 1 is 1.10 bits per heavy atom. The second kappa shape index (κ2) is 11.1. The number of methoxy groups -OCH3 is 3. The van der Waals surface area contributed by atoms with Gasteiger partial charge in [0.1, 0.15) is 0 Å². The first-order valence-electron chi connectivity index (χ1n) is 10.1. The molecule has 0 N–H and O–H groups in total. The van der Waals surface area contributed by atoms with E-state index in [9.17, 15) is 0 Å². The van der Waals surface area contributed by atoms with Crippen LogP contribution in [0.5, 0.6) is 11.5 Å². The van der Waals surface area contributed by atoms with Crippen LogP contribution >= 0.6 is 11.8 Å². The number of hydrogen-bond acceptors (Lipinski definition) is 9. The van der Waals surface area contributed by atoms with E-state index in [1.807, 2.05) is 18.2 Å². The standard InChI is InChI=1S/C21H29N5O4S/c1-14(2)11-19-22-18(25-30-19)13-31-21-24-23-20(26(21)9-6-10-27-3)15-7-8-16(28-4)17(12-15)29-5/h7-8,12,14H,6,9-11,13H2,1-5H3. The highest BCUT2D eigenvalue weighted by Crippen LogP contribution is 2.33. The maximum atomic E-state index is 5.44. The fourth-order valence-corrected chi connectivity index (χ4v) is 3.87. The molecule has 0 spiro atoms. The third-order valence-electron chi connectivity index (χ3n) is 4.51. The van der Waals surface area contributed by atoms with E-state index >= 15 is 0 Å². The summed E-state index contributed by atoms with van der Waals surface area (Å²) in [6.45, 7) is 5.61. The molecule has 0 bridgehead atoms. The van der Waals surface area contributed by atoms with Gasteiger partial charge >= 0.3 is 0 Å². The lowest BCUT2D eigenvalue weighted by molar-refractivity contribution is 0.189. The first-order valence-corrected chi connectivity index (χ1v) is 11.1. The lowest BCUT2D eigenvalue weighted by Gasteiger charge is -2.12. The van der Waals surface area contributed by atoms with Gasteiger partial charge in [-0.05, 0) is 30.5 Å². The summed E-state index contributed by atoms with van der Waals surface area (Å²) in [6, 6.07) is 5.72. The van der Waals surface area contributed by atoms with Gasteiger partial charge in [-0.1, -0.05) is 30.8 Å². The lowest BCUT2D eigenvalue weighted by atomic mass is 10.1. The fraction of sp³-hybridized carbons (Fsp3) is 0.524. The Hall–Kier alpha value is -2.59. The van der Waals surface area contributed by atoms with Crippen molar-refractivity contribution in [3.63, 3.8) is 0 Å². The van der Waals surface area contributed by atoms with Gasteiger partial charge in [0, 0.05) is 32.2 Å². The zero-order chi connectivity index (χ0) is 22.2. The van der Waals surface area contributed by atoms with Gasteiger partial charge in [-0.15, -0.1) is 10.2 Å². The summed E-state index contributed by atoms with van der Waals surface area (Å²) in [5.74, 6) is 4.40. The largest absolute Gasteiger partial charge is 0.493 e. The number of hydrogen-bond donors (Lipinski definition) is 0. The number of thioether (sulfide) groups is 1. The van der Waals surface area contributed by atoms with Gasteiger partial charge in [0.25, 0.3) is 0 Å². The molecule has 3 aromatic rings. The van der Waals surface area contributed by atoms with E-state index < -0.39 is 0 Å². The number of nitrogens with zero attached hydrogens (tertiary/aromatic N) is 5. The first-order chi connectivity index (χ1) is 15.0. The van der Waals surface area contributed by atoms with E-state index in [0.29, 0.717) is 41.5 Å². The van der Waals surface area contributed by atoms with Crippen LogP contribution in [0.15, 0.2) is 27.9 Å². The summed E-state index contributed by atoms with van der Waals surface area (Å²) < 4.78 is 23.4. The van der Waals surface area contributed by atoms with Gasteiger partial charge < -0.3 is 23.3 Å². The van der Waals surface area contributed by atoms with Gasteiger partial charge in [-0.2, -0.15) is 4.98 Å². The van der Waals surface area contributed by atoms with Crippen molar-refractivity contribution in [3.05, 3.63) is 29.9 Å². The van der Waals surface area contributed by atoms with Crippen molar-refractivity contribution in [3.8, 4) is 22.9 Å². The molecule has 0 amide bonds. The maximum absolute atomic E-state index is 5.44. The van der Waals surface area contributed by atoms with Crippen molar-refractivity contribution < 1.29 is 18.7 Å². The summed E-state index contributed by atoms with van der Waals surface area (Å²) in [4.78, 5) is 4.47. The molecule has 0 radical (unpaired) electrons. The highest BCUT2D eigenvalue weighted by molar-refractivity contribution is 7.98. The number of aromatic nitrogens is 5. The van der Waals surface area contributed by atoms with Crippen LogP contribution in [0.1, 0.15) is 32.0 Å². The molecule has 0 aliphatic carbocycles. The predicted molar refractivity (Wildman–Crippen MR) is 117 cm³/mol. The van der Waals surface area contributed by atoms with Gasteiger partial charge in [0.2, 0.25) is 5.89 Å². The first kappa shape index (κ1) is 23.1. The maximum Gasteiger partial charge on any atom is 0.226 e. The predicted octanol–water partition coefficient (Wildman–Crippen LogP) is 3.87. The minimum Gasteiger partial charge on any atom is -0.493 e. The minimum absolute atomic E-state index is 0.467. The molecule has 0 fully saturated rings. The van der Waals surface area contributed by atoms with E-state index in [1.165, 1.54) is 11.8 Å². The van der Waals surface area contributed by atoms with E-state index in [-0.39, 0.29) is 0 Å². The molecule has 3 rings (SSSR count). The molecule has 168 valence electrons. The van der Waals surface area contributed by atoms with Crippen molar-refractivity contribution in [1.82, 2.24) is 24.9 Å². The SMILES string of the molecule is COCCCn1c(SCc2noc(CC(C)C)n2)nnc1-c1ccc(OC)c(OC)c1. The zero-order valence-corrected chi connectivity index (χ0v) is 19.4. The molecular formula is C21H29N5O4S. The van der Waals surface area contributed by atoms with Crippen molar-refractivity contribution in [1.29, 1.82) is 0 Å². The molecule has 2 aromatic heterocycles. The second-order valence-electron chi connectivity index (χ2n) is 7.36. The van der Waals surface area contributed by atoms with E-state index in [2.05, 4.69) is 38.8 Å². The van der Waals surface area contributed by atoms with Gasteiger partial charge in [-0.25, -0.2) is 0 Å². The zero-order valence-electron chi connectivity index (χ0n) is 18.6. The van der Waals surface area contributed by atoms with E-state index in [4.69, 9.17) is 18.7 Å². The van der Waals surface area contributed by atoms with Crippen LogP contribution in [0.25, 0.3) is 11.4 Å². The molecule has 31 heavy (non-hydrogen) atoms. The van der Waals surface area contributed by atoms with Crippen molar-refractivity contribution in [2.45, 2.75) is 44.1 Å². The molecule has 0 aliphatic heterocycles. The Morgan fingerprint density at radius 2 is 1.90 bits per heavy atom. The lowest BCUT2D eigenvalue weighted by Crippen LogP contribution is -2.05. The monoisotopic (exact) mass is 447 g/mol. The molecule has 1 aromatic carbocycles. The molecular weight excluding hydrogens is 418 g/mol. The Kier molecular flexibility index (Phi) is 8.30. The summed E-state index contributed by atoms with van der Waals surface area (Å²) >= 11 is 1.53. The normalized spacial score (nSPS) is 11.3. The smallest absolute Gasteiger partial charge is 0.226 e. The van der Waals surface area contributed by atoms with Crippen LogP contribution in [0.3, 0.4) is 0 Å². The van der Waals surface area contributed by atoms with Crippen LogP contribution in [0.4, 0.5) is 0 Å². The topological polar surface area (TPSA) is 97.3 Å². The van der Waals surface area contributed by atoms with Crippen LogP contribution in [-0.4, -0.2) is 52.8 Å². The highest BCUT2D eigenvalue weighted by atomic mass is 32.2. The molecule has 2 heterocycles. The summed E-state index contributed by atoms with van der Waals surface area (Å²) in [7, 11) is 4.93. The minimum atomic E-state index is 0.467. The third-order valence-corrected chi connectivity index (χ3v) is 5.47. The summed E-state index contributed by atoms with van der Waals surface area (Å²) in [5, 5.41) is 13.7. The van der Waals surface area contributed by atoms with Gasteiger partial charge in [0.15, 0.2) is 28.3 Å². The van der Waals surface area contributed by atoms with Crippen LogP contribution in [-0.2, 0) is 23.5 Å². The summed E-state index contributed by atoms with van der Waals surface area (Å²) in [5.41, 5.74) is 0.896. The Balaban J connectivity index is 1.82. The third kappa shape index (κ3) is 5.98. The highest BCUT2D eigenvalue weighted by Gasteiger charge is 2.17. The molecule has 0 saturated carbocycles. The molecule has 0 aliphatic rings. The fourth-order valence-electron chi connectivity index (χ4n) is 3.06. The Morgan fingerprint density at radius 3 is 2.61 bits per heavy atom. The Labute approximate surface area is 186 Å². The molecule has 10 heteroatoms. The molecule has 0 atom stereocenters. The molecule has 0 unspecified atom stereocenters. The van der Waals surface area contributed by atoms with Crippen molar-refractivity contribution in [2.75, 3.05) is 27.9 Å². The number of rotatable bonds is 12. The van der Waals surface area contributed by atoms with Gasteiger partial charge in [0.05, 0.1) is 20.0 Å². The molecule has 0 saturated heterocycles. The average Bonchev–Trinajstić information content (AvgIpc) is 3.38. The summed E-state index contributed by atoms with van der Waals surface area (Å²) in [6.07, 6.45) is 1.61. The Bertz CT molecular complexity index is 973. The van der Waals surface area contributed by atoms with E-state index in [0.717, 1.165) is 35.9 Å². The van der Waals surface area contributed by atoms with Gasteiger partial charge in [-0.3, -0.25) is 0 Å². The molecule has 9 nitrogen and oxygen atoms in total. The average molecular weight is 448 g/mol. The second-order valence-corrected chi connectivity index (χ2v) is 8.31. The van der Waals surface area contributed by atoms with Crippen LogP contribution in [0.2, 0.25) is 0 Å². The number of benzene rings is 1. The van der Waals surface area contributed by atoms with Crippen LogP contribution < -0.4 is 9.47 Å². The quantitative estimate of drug-likeness (QED) is 0.303. The van der Waals surface area contributed by atoms with Crippen molar-refractivity contribution >= 4 is 11.8 Å². The van der Waals surface area contributed by atoms with E-state index in [1.54, 1.807) is 21.3 Å². The number of ether oxygens (including phenoxy) is 3. The van der Waals surface area contributed by atoms with Crippen LogP contribution in [0, 0.1) is 5.92 Å². The van der Waals surface area contributed by atoms with Crippen molar-refractivity contribution in [2.24, 2.45) is 5.92 Å².